The van der Waals surface area contributed by atoms with Gasteiger partial charge in [-0.1, -0.05) is 18.6 Å². The number of anilines is 1. The first-order valence-electron chi connectivity index (χ1n) is 7.56. The van der Waals surface area contributed by atoms with E-state index in [9.17, 15) is 4.79 Å². The fraction of sp³-hybridized carbons (Fsp3) is 0.562. The van der Waals surface area contributed by atoms with Crippen molar-refractivity contribution < 1.29 is 9.53 Å². The molecule has 1 aromatic rings. The first-order valence-corrected chi connectivity index (χ1v) is 7.56. The highest BCUT2D eigenvalue weighted by molar-refractivity contribution is 5.93. The van der Waals surface area contributed by atoms with E-state index in [1.807, 2.05) is 31.3 Å². The zero-order chi connectivity index (χ0) is 15.1. The van der Waals surface area contributed by atoms with Gasteiger partial charge in [0, 0.05) is 12.6 Å². The molecule has 21 heavy (non-hydrogen) atoms. The van der Waals surface area contributed by atoms with Crippen LogP contribution in [0.25, 0.3) is 0 Å². The van der Waals surface area contributed by atoms with E-state index in [0.29, 0.717) is 18.3 Å². The molecule has 1 heterocycles. The predicted molar refractivity (Wildman–Crippen MR) is 84.8 cm³/mol. The van der Waals surface area contributed by atoms with Gasteiger partial charge in [-0.2, -0.15) is 0 Å². The number of rotatable bonds is 6. The largest absolute Gasteiger partial charge is 0.495 e. The smallest absolute Gasteiger partial charge is 0.238 e. The fourth-order valence-electron chi connectivity index (χ4n) is 2.86. The molecular weight excluding hydrogens is 266 g/mol. The number of ether oxygens (including phenoxy) is 1. The lowest BCUT2D eigenvalue weighted by molar-refractivity contribution is -0.118. The maximum atomic E-state index is 12.3. The van der Waals surface area contributed by atoms with Gasteiger partial charge in [0.2, 0.25) is 5.91 Å². The van der Waals surface area contributed by atoms with Gasteiger partial charge in [-0.15, -0.1) is 0 Å². The number of amides is 1. The van der Waals surface area contributed by atoms with Gasteiger partial charge >= 0.3 is 0 Å². The number of likely N-dealkylation sites (N-methyl/N-ethyl adjacent to an activating group) is 1. The molecule has 1 atom stereocenters. The van der Waals surface area contributed by atoms with Crippen LogP contribution in [0.4, 0.5) is 5.69 Å². The molecule has 1 aliphatic heterocycles. The van der Waals surface area contributed by atoms with E-state index in [1.54, 1.807) is 7.11 Å². The van der Waals surface area contributed by atoms with Crippen LogP contribution in [0.2, 0.25) is 0 Å². The molecule has 0 aliphatic carbocycles. The molecular formula is C16H25N3O2. The molecule has 1 aliphatic rings. The molecule has 0 saturated carbocycles. The summed E-state index contributed by atoms with van der Waals surface area (Å²) in [6.45, 7) is 2.36. The van der Waals surface area contributed by atoms with E-state index in [-0.39, 0.29) is 5.91 Å². The Labute approximate surface area is 126 Å². The normalized spacial score (nSPS) is 19.2. The second-order valence-corrected chi connectivity index (χ2v) is 5.43. The van der Waals surface area contributed by atoms with Gasteiger partial charge in [0.15, 0.2) is 0 Å². The van der Waals surface area contributed by atoms with Gasteiger partial charge < -0.3 is 15.4 Å². The van der Waals surface area contributed by atoms with Gasteiger partial charge in [0.25, 0.3) is 0 Å². The molecule has 5 heteroatoms. The summed E-state index contributed by atoms with van der Waals surface area (Å²) in [7, 11) is 3.57. The summed E-state index contributed by atoms with van der Waals surface area (Å²) in [4.78, 5) is 14.5. The summed E-state index contributed by atoms with van der Waals surface area (Å²) in [6, 6.07) is 7.94. The van der Waals surface area contributed by atoms with E-state index < -0.39 is 0 Å². The number of para-hydroxylation sites is 2. The average Bonchev–Trinajstić information content (AvgIpc) is 2.50. The minimum absolute atomic E-state index is 0.0162. The van der Waals surface area contributed by atoms with E-state index in [0.717, 1.165) is 25.2 Å². The Bertz CT molecular complexity index is 463. The Morgan fingerprint density at radius 2 is 2.19 bits per heavy atom. The number of hydrogen-bond acceptors (Lipinski definition) is 4. The molecule has 2 rings (SSSR count). The lowest BCUT2D eigenvalue weighted by Gasteiger charge is -2.35. The topological polar surface area (TPSA) is 53.6 Å². The number of nitrogens with one attached hydrogen (secondary N) is 2. The number of benzene rings is 1. The maximum Gasteiger partial charge on any atom is 0.238 e. The highest BCUT2D eigenvalue weighted by atomic mass is 16.5. The maximum absolute atomic E-state index is 12.3. The average molecular weight is 291 g/mol. The minimum atomic E-state index is 0.0162. The Morgan fingerprint density at radius 1 is 1.38 bits per heavy atom. The van der Waals surface area contributed by atoms with Crippen molar-refractivity contribution in [3.63, 3.8) is 0 Å². The van der Waals surface area contributed by atoms with Crippen LogP contribution in [0.1, 0.15) is 19.3 Å². The number of hydrogen-bond donors (Lipinski definition) is 2. The van der Waals surface area contributed by atoms with Gasteiger partial charge in [-0.3, -0.25) is 9.69 Å². The second kappa shape index (κ2) is 8.00. The molecule has 1 aromatic carbocycles. The summed E-state index contributed by atoms with van der Waals surface area (Å²) >= 11 is 0. The van der Waals surface area contributed by atoms with Crippen molar-refractivity contribution in [2.24, 2.45) is 0 Å². The Balaban J connectivity index is 1.94. The summed E-state index contributed by atoms with van der Waals surface area (Å²) in [5.74, 6) is 0.707. The summed E-state index contributed by atoms with van der Waals surface area (Å²) in [5.41, 5.74) is 0.729. The monoisotopic (exact) mass is 291 g/mol. The molecule has 0 aromatic heterocycles. The number of carbonyl (C=O) groups is 1. The van der Waals surface area contributed by atoms with Gasteiger partial charge in [0.05, 0.1) is 19.3 Å². The summed E-state index contributed by atoms with van der Waals surface area (Å²) < 4.78 is 5.26. The third kappa shape index (κ3) is 4.44. The molecule has 2 N–H and O–H groups in total. The van der Waals surface area contributed by atoms with E-state index >= 15 is 0 Å². The highest BCUT2D eigenvalue weighted by Gasteiger charge is 2.23. The Morgan fingerprint density at radius 3 is 2.95 bits per heavy atom. The molecule has 0 bridgehead atoms. The summed E-state index contributed by atoms with van der Waals surface area (Å²) in [5, 5.41) is 6.16. The molecule has 0 radical (unpaired) electrons. The number of likely N-dealkylation sites (tertiary alicyclic amines) is 1. The van der Waals surface area contributed by atoms with Crippen molar-refractivity contribution >= 4 is 11.6 Å². The quantitative estimate of drug-likeness (QED) is 0.838. The van der Waals surface area contributed by atoms with Crippen LogP contribution >= 0.6 is 0 Å². The zero-order valence-corrected chi connectivity index (χ0v) is 12.9. The highest BCUT2D eigenvalue weighted by Crippen LogP contribution is 2.23. The van der Waals surface area contributed by atoms with Crippen molar-refractivity contribution in [2.45, 2.75) is 25.3 Å². The third-order valence-electron chi connectivity index (χ3n) is 3.92. The number of carbonyl (C=O) groups excluding carboxylic acids is 1. The predicted octanol–water partition coefficient (Wildman–Crippen LogP) is 1.71. The Kier molecular flexibility index (Phi) is 6.02. The van der Waals surface area contributed by atoms with Crippen molar-refractivity contribution in [3.8, 4) is 5.75 Å². The lowest BCUT2D eigenvalue weighted by atomic mass is 10.0. The van der Waals surface area contributed by atoms with Crippen LogP contribution in [-0.2, 0) is 4.79 Å². The molecule has 1 unspecified atom stereocenters. The first kappa shape index (κ1) is 15.8. The zero-order valence-electron chi connectivity index (χ0n) is 12.9. The SMILES string of the molecule is CNCC1CCCCN1CC(=O)Nc1ccccc1OC. The number of nitrogens with zero attached hydrogens (tertiary/aromatic N) is 1. The number of methoxy groups -OCH3 is 1. The molecule has 1 amide bonds. The molecule has 5 nitrogen and oxygen atoms in total. The molecule has 1 saturated heterocycles. The van der Waals surface area contributed by atoms with E-state index in [1.165, 1.54) is 12.8 Å². The van der Waals surface area contributed by atoms with Crippen LogP contribution in [0, 0.1) is 0 Å². The standard InChI is InChI=1S/C16H25N3O2/c1-17-11-13-7-5-6-10-19(13)12-16(20)18-14-8-3-4-9-15(14)21-2/h3-4,8-9,13,17H,5-7,10-12H2,1-2H3,(H,18,20). The van der Waals surface area contributed by atoms with E-state index in [2.05, 4.69) is 15.5 Å². The third-order valence-corrected chi connectivity index (χ3v) is 3.92. The lowest BCUT2D eigenvalue weighted by Crippen LogP contribution is -2.47. The van der Waals surface area contributed by atoms with Crippen LogP contribution in [0.3, 0.4) is 0 Å². The van der Waals surface area contributed by atoms with Crippen LogP contribution in [0.15, 0.2) is 24.3 Å². The van der Waals surface area contributed by atoms with Crippen molar-refractivity contribution in [1.29, 1.82) is 0 Å². The van der Waals surface area contributed by atoms with Crippen molar-refractivity contribution in [3.05, 3.63) is 24.3 Å². The first-order chi connectivity index (χ1) is 10.2. The molecule has 1 fully saturated rings. The summed E-state index contributed by atoms with van der Waals surface area (Å²) in [6.07, 6.45) is 3.57. The van der Waals surface area contributed by atoms with Crippen molar-refractivity contribution in [2.75, 3.05) is 39.1 Å². The van der Waals surface area contributed by atoms with Crippen LogP contribution in [0.5, 0.6) is 5.75 Å². The number of piperidine rings is 1. The van der Waals surface area contributed by atoms with Crippen LogP contribution in [-0.4, -0.2) is 50.6 Å². The minimum Gasteiger partial charge on any atom is -0.495 e. The van der Waals surface area contributed by atoms with Crippen LogP contribution < -0.4 is 15.4 Å². The van der Waals surface area contributed by atoms with Gasteiger partial charge in [-0.05, 0) is 38.6 Å². The van der Waals surface area contributed by atoms with E-state index in [4.69, 9.17) is 4.74 Å². The fourth-order valence-corrected chi connectivity index (χ4v) is 2.86. The Hall–Kier alpha value is -1.59. The van der Waals surface area contributed by atoms with Gasteiger partial charge in [0.1, 0.15) is 5.75 Å². The van der Waals surface area contributed by atoms with Gasteiger partial charge in [-0.25, -0.2) is 0 Å². The van der Waals surface area contributed by atoms with Crippen molar-refractivity contribution in [1.82, 2.24) is 10.2 Å². The second-order valence-electron chi connectivity index (χ2n) is 5.43. The molecule has 116 valence electrons. The molecule has 0 spiro atoms.